The van der Waals surface area contributed by atoms with Crippen LogP contribution >= 0.6 is 0 Å². The maximum absolute atomic E-state index is 12.7. The molecular formula is C27H29N5O3. The number of nitrogens with zero attached hydrogens (tertiary/aromatic N) is 4. The molecule has 0 aliphatic carbocycles. The van der Waals surface area contributed by atoms with Crippen LogP contribution in [-0.4, -0.2) is 53.1 Å². The minimum Gasteiger partial charge on any atom is -0.497 e. The van der Waals surface area contributed by atoms with E-state index in [1.165, 1.54) is 6.20 Å². The first kappa shape index (κ1) is 24.2. The number of amides is 1. The summed E-state index contributed by atoms with van der Waals surface area (Å²) in [4.78, 5) is 23.6. The molecule has 1 saturated heterocycles. The molecule has 2 atom stereocenters. The lowest BCUT2D eigenvalue weighted by Gasteiger charge is -2.29. The van der Waals surface area contributed by atoms with Crippen molar-refractivity contribution in [2.45, 2.75) is 38.5 Å². The van der Waals surface area contributed by atoms with Gasteiger partial charge < -0.3 is 14.8 Å². The van der Waals surface area contributed by atoms with E-state index in [1.54, 1.807) is 19.2 Å². The Balaban J connectivity index is 1.52. The summed E-state index contributed by atoms with van der Waals surface area (Å²) in [5.74, 6) is 1.21. The van der Waals surface area contributed by atoms with E-state index in [1.807, 2.05) is 50.4 Å². The lowest BCUT2D eigenvalue weighted by atomic mass is 9.98. The first-order chi connectivity index (χ1) is 17.0. The Morgan fingerprint density at radius 2 is 1.86 bits per heavy atom. The maximum Gasteiger partial charge on any atom is 0.253 e. The van der Waals surface area contributed by atoms with Crippen LogP contribution in [0.2, 0.25) is 0 Å². The molecule has 4 rings (SSSR count). The third kappa shape index (κ3) is 5.94. The van der Waals surface area contributed by atoms with Gasteiger partial charge in [0.1, 0.15) is 17.5 Å². The maximum atomic E-state index is 12.7. The predicted octanol–water partition coefficient (Wildman–Crippen LogP) is 3.74. The predicted molar refractivity (Wildman–Crippen MR) is 131 cm³/mol. The highest BCUT2D eigenvalue weighted by Crippen LogP contribution is 2.33. The molecule has 0 bridgehead atoms. The number of hydrogen-bond acceptors (Lipinski definition) is 7. The van der Waals surface area contributed by atoms with Gasteiger partial charge in [0, 0.05) is 37.6 Å². The number of rotatable bonds is 8. The number of carbonyl (C=O) groups is 1. The zero-order valence-electron chi connectivity index (χ0n) is 20.1. The van der Waals surface area contributed by atoms with Crippen LogP contribution in [0.1, 0.15) is 53.5 Å². The molecule has 1 aromatic carbocycles. The van der Waals surface area contributed by atoms with E-state index < -0.39 is 0 Å². The van der Waals surface area contributed by atoms with Gasteiger partial charge in [0.05, 0.1) is 24.8 Å². The summed E-state index contributed by atoms with van der Waals surface area (Å²) < 4.78 is 11.1. The highest BCUT2D eigenvalue weighted by atomic mass is 16.5. The van der Waals surface area contributed by atoms with Crippen LogP contribution in [0, 0.1) is 11.3 Å². The number of hydrogen-bond donors (Lipinski definition) is 1. The molecule has 1 fully saturated rings. The highest BCUT2D eigenvalue weighted by Gasteiger charge is 2.31. The standard InChI is InChI=1S/C27H29N5O3/c1-18(2)35-25-11-7-20(15-30-25)26(19-5-9-24(34-3)10-6-19)32-13-12-23(17-32)31-27(33)21-4-8-22(14-28)29-16-21/h4-11,15-16,18,23,26H,12-13,17H2,1-3H3,(H,31,33). The Kier molecular flexibility index (Phi) is 7.58. The number of pyridine rings is 2. The smallest absolute Gasteiger partial charge is 0.253 e. The first-order valence-electron chi connectivity index (χ1n) is 11.6. The Morgan fingerprint density at radius 1 is 1.09 bits per heavy atom. The topological polar surface area (TPSA) is 100 Å². The fourth-order valence-electron chi connectivity index (χ4n) is 4.27. The van der Waals surface area contributed by atoms with Gasteiger partial charge in [0.2, 0.25) is 5.88 Å². The summed E-state index contributed by atoms with van der Waals surface area (Å²) in [6.45, 7) is 5.46. The third-order valence-electron chi connectivity index (χ3n) is 5.92. The number of nitrogens with one attached hydrogen (secondary N) is 1. The van der Waals surface area contributed by atoms with Crippen molar-refractivity contribution in [3.8, 4) is 17.7 Å². The summed E-state index contributed by atoms with van der Waals surface area (Å²) >= 11 is 0. The molecule has 3 heterocycles. The minimum atomic E-state index is -0.188. The van der Waals surface area contributed by atoms with Gasteiger partial charge in [0.15, 0.2) is 0 Å². The Hall–Kier alpha value is -3.96. The van der Waals surface area contributed by atoms with Crippen molar-refractivity contribution < 1.29 is 14.3 Å². The number of benzene rings is 1. The van der Waals surface area contributed by atoms with E-state index in [9.17, 15) is 4.79 Å². The second kappa shape index (κ2) is 11.0. The molecular weight excluding hydrogens is 442 g/mol. The van der Waals surface area contributed by atoms with Gasteiger partial charge in [-0.05, 0) is 55.7 Å². The van der Waals surface area contributed by atoms with Crippen LogP contribution in [0.5, 0.6) is 11.6 Å². The van der Waals surface area contributed by atoms with Crippen molar-refractivity contribution in [2.24, 2.45) is 0 Å². The van der Waals surface area contributed by atoms with E-state index in [4.69, 9.17) is 14.7 Å². The molecule has 8 nitrogen and oxygen atoms in total. The molecule has 1 aliphatic heterocycles. The van der Waals surface area contributed by atoms with Gasteiger partial charge in [-0.1, -0.05) is 18.2 Å². The second-order valence-corrected chi connectivity index (χ2v) is 8.77. The van der Waals surface area contributed by atoms with Gasteiger partial charge in [0.25, 0.3) is 5.91 Å². The fourth-order valence-corrected chi connectivity index (χ4v) is 4.27. The van der Waals surface area contributed by atoms with Crippen molar-refractivity contribution in [3.63, 3.8) is 0 Å². The molecule has 1 aliphatic rings. The van der Waals surface area contributed by atoms with Crippen LogP contribution in [0.4, 0.5) is 0 Å². The zero-order valence-corrected chi connectivity index (χ0v) is 20.1. The zero-order chi connectivity index (χ0) is 24.8. The summed E-state index contributed by atoms with van der Waals surface area (Å²) in [6.07, 6.45) is 4.18. The molecule has 2 aromatic heterocycles. The summed E-state index contributed by atoms with van der Waals surface area (Å²) in [7, 11) is 1.65. The Bertz CT molecular complexity index is 1170. The van der Waals surface area contributed by atoms with Crippen molar-refractivity contribution in [2.75, 3.05) is 20.2 Å². The van der Waals surface area contributed by atoms with Crippen LogP contribution in [-0.2, 0) is 0 Å². The highest BCUT2D eigenvalue weighted by molar-refractivity contribution is 5.94. The average molecular weight is 472 g/mol. The van der Waals surface area contributed by atoms with Gasteiger partial charge in [-0.2, -0.15) is 5.26 Å². The van der Waals surface area contributed by atoms with Crippen molar-refractivity contribution in [1.29, 1.82) is 5.26 Å². The van der Waals surface area contributed by atoms with Crippen molar-refractivity contribution in [1.82, 2.24) is 20.2 Å². The van der Waals surface area contributed by atoms with Gasteiger partial charge in [-0.3, -0.25) is 9.69 Å². The van der Waals surface area contributed by atoms with E-state index >= 15 is 0 Å². The van der Waals surface area contributed by atoms with E-state index in [0.717, 1.165) is 29.8 Å². The summed E-state index contributed by atoms with van der Waals surface area (Å²) in [5, 5.41) is 12.0. The lowest BCUT2D eigenvalue weighted by Crippen LogP contribution is -2.38. The molecule has 2 unspecified atom stereocenters. The van der Waals surface area contributed by atoms with Crippen molar-refractivity contribution >= 4 is 5.91 Å². The van der Waals surface area contributed by atoms with Crippen LogP contribution in [0.25, 0.3) is 0 Å². The average Bonchev–Trinajstić information content (AvgIpc) is 3.33. The number of likely N-dealkylation sites (tertiary alicyclic amines) is 1. The number of carbonyl (C=O) groups excluding carboxylic acids is 1. The number of aromatic nitrogens is 2. The van der Waals surface area contributed by atoms with Gasteiger partial charge >= 0.3 is 0 Å². The van der Waals surface area contributed by atoms with Crippen LogP contribution < -0.4 is 14.8 Å². The SMILES string of the molecule is COc1ccc(C(c2ccc(OC(C)C)nc2)N2CCC(NC(=O)c3ccc(C#N)nc3)C2)cc1. The second-order valence-electron chi connectivity index (χ2n) is 8.77. The Morgan fingerprint density at radius 3 is 2.46 bits per heavy atom. The lowest BCUT2D eigenvalue weighted by molar-refractivity contribution is 0.0936. The molecule has 0 radical (unpaired) electrons. The van der Waals surface area contributed by atoms with Gasteiger partial charge in [-0.15, -0.1) is 0 Å². The molecule has 35 heavy (non-hydrogen) atoms. The molecule has 1 amide bonds. The summed E-state index contributed by atoms with van der Waals surface area (Å²) in [5.41, 5.74) is 2.90. The molecule has 0 spiro atoms. The minimum absolute atomic E-state index is 0.00426. The molecule has 1 N–H and O–H groups in total. The van der Waals surface area contributed by atoms with Gasteiger partial charge in [-0.25, -0.2) is 9.97 Å². The van der Waals surface area contributed by atoms with Crippen LogP contribution in [0.3, 0.4) is 0 Å². The van der Waals surface area contributed by atoms with Crippen LogP contribution in [0.15, 0.2) is 60.9 Å². The number of ether oxygens (including phenoxy) is 2. The third-order valence-corrected chi connectivity index (χ3v) is 5.92. The molecule has 8 heteroatoms. The normalized spacial score (nSPS) is 16.5. The van der Waals surface area contributed by atoms with Crippen molar-refractivity contribution in [3.05, 3.63) is 83.3 Å². The fraction of sp³-hybridized carbons (Fsp3) is 0.333. The molecule has 0 saturated carbocycles. The molecule has 180 valence electrons. The molecule has 3 aromatic rings. The Labute approximate surface area is 205 Å². The quantitative estimate of drug-likeness (QED) is 0.534. The largest absolute Gasteiger partial charge is 0.497 e. The van der Waals surface area contributed by atoms with E-state index in [0.29, 0.717) is 18.0 Å². The first-order valence-corrected chi connectivity index (χ1v) is 11.6. The number of nitriles is 1. The summed E-state index contributed by atoms with van der Waals surface area (Å²) in [6, 6.07) is 17.1. The number of methoxy groups -OCH3 is 1. The van der Waals surface area contributed by atoms with E-state index in [-0.39, 0.29) is 29.8 Å². The monoisotopic (exact) mass is 471 g/mol. The van der Waals surface area contributed by atoms with E-state index in [2.05, 4.69) is 32.3 Å².